The molecule has 2 aromatic rings. The van der Waals surface area contributed by atoms with Crippen LogP contribution in [0, 0.1) is 11.6 Å². The van der Waals surface area contributed by atoms with E-state index < -0.39 is 0 Å². The zero-order valence-corrected chi connectivity index (χ0v) is 12.4. The van der Waals surface area contributed by atoms with Gasteiger partial charge < -0.3 is 5.32 Å². The maximum Gasteiger partial charge on any atom is 0.128 e. The van der Waals surface area contributed by atoms with Crippen molar-refractivity contribution in [3.05, 3.63) is 62.5 Å². The van der Waals surface area contributed by atoms with E-state index in [9.17, 15) is 8.78 Å². The van der Waals surface area contributed by atoms with Crippen molar-refractivity contribution in [1.29, 1.82) is 0 Å². The molecule has 0 amide bonds. The fourth-order valence-corrected chi connectivity index (χ4v) is 2.30. The SMILES string of the molecule is Fc1ccc(Br)c(NCc2cc(Br)ccc2F)c1. The molecule has 94 valence electrons. The molecule has 5 heteroatoms. The van der Waals surface area contributed by atoms with Gasteiger partial charge in [-0.3, -0.25) is 0 Å². The van der Waals surface area contributed by atoms with Crippen LogP contribution in [-0.4, -0.2) is 0 Å². The van der Waals surface area contributed by atoms with Crippen molar-refractivity contribution < 1.29 is 8.78 Å². The summed E-state index contributed by atoms with van der Waals surface area (Å²) in [6.07, 6.45) is 0. The van der Waals surface area contributed by atoms with Gasteiger partial charge >= 0.3 is 0 Å². The second kappa shape index (κ2) is 5.80. The van der Waals surface area contributed by atoms with Crippen molar-refractivity contribution in [2.24, 2.45) is 0 Å². The first-order valence-electron chi connectivity index (χ1n) is 5.19. The minimum atomic E-state index is -0.338. The topological polar surface area (TPSA) is 12.0 Å². The molecular weight excluding hydrogens is 368 g/mol. The zero-order valence-electron chi connectivity index (χ0n) is 9.18. The molecule has 0 aliphatic carbocycles. The lowest BCUT2D eigenvalue weighted by Gasteiger charge is -2.09. The van der Waals surface area contributed by atoms with Crippen LogP contribution in [0.15, 0.2) is 45.3 Å². The maximum absolute atomic E-state index is 13.5. The largest absolute Gasteiger partial charge is 0.380 e. The highest BCUT2D eigenvalue weighted by atomic mass is 79.9. The summed E-state index contributed by atoms with van der Waals surface area (Å²) in [6, 6.07) is 9.04. The van der Waals surface area contributed by atoms with Crippen molar-refractivity contribution in [3.8, 4) is 0 Å². The second-order valence-corrected chi connectivity index (χ2v) is 5.48. The number of rotatable bonds is 3. The molecule has 0 heterocycles. The van der Waals surface area contributed by atoms with E-state index in [0.29, 0.717) is 11.3 Å². The van der Waals surface area contributed by atoms with Crippen molar-refractivity contribution in [2.45, 2.75) is 6.54 Å². The highest BCUT2D eigenvalue weighted by Crippen LogP contribution is 2.24. The van der Waals surface area contributed by atoms with Crippen LogP contribution < -0.4 is 5.32 Å². The Kier molecular flexibility index (Phi) is 4.35. The highest BCUT2D eigenvalue weighted by molar-refractivity contribution is 9.10. The molecule has 2 aromatic carbocycles. The molecule has 0 saturated carbocycles. The third-order valence-corrected chi connectivity index (χ3v) is 3.59. The normalized spacial score (nSPS) is 10.4. The fraction of sp³-hybridized carbons (Fsp3) is 0.0769. The smallest absolute Gasteiger partial charge is 0.128 e. The Morgan fingerprint density at radius 1 is 1.00 bits per heavy atom. The van der Waals surface area contributed by atoms with Crippen LogP contribution in [0.1, 0.15) is 5.56 Å². The molecule has 18 heavy (non-hydrogen) atoms. The highest BCUT2D eigenvalue weighted by Gasteiger charge is 2.05. The van der Waals surface area contributed by atoms with Gasteiger partial charge in [-0.15, -0.1) is 0 Å². The molecule has 0 spiro atoms. The number of halogens is 4. The van der Waals surface area contributed by atoms with Crippen LogP contribution in [0.3, 0.4) is 0 Å². The molecule has 0 bridgehead atoms. The summed E-state index contributed by atoms with van der Waals surface area (Å²) >= 11 is 6.59. The van der Waals surface area contributed by atoms with Gasteiger partial charge in [0.1, 0.15) is 11.6 Å². The molecule has 0 radical (unpaired) electrons. The van der Waals surface area contributed by atoms with Crippen LogP contribution in [0.25, 0.3) is 0 Å². The van der Waals surface area contributed by atoms with Gasteiger partial charge in [-0.25, -0.2) is 8.78 Å². The predicted molar refractivity (Wildman–Crippen MR) is 75.5 cm³/mol. The molecule has 0 aromatic heterocycles. The Morgan fingerprint density at radius 3 is 2.56 bits per heavy atom. The van der Waals surface area contributed by atoms with E-state index in [1.165, 1.54) is 18.2 Å². The number of hydrogen-bond acceptors (Lipinski definition) is 1. The number of anilines is 1. The van der Waals surface area contributed by atoms with Gasteiger partial charge in [-0.2, -0.15) is 0 Å². The first-order valence-corrected chi connectivity index (χ1v) is 6.78. The standard InChI is InChI=1S/C13H9Br2F2N/c14-9-1-4-12(17)8(5-9)7-18-13-6-10(16)2-3-11(13)15/h1-6,18H,7H2. The van der Waals surface area contributed by atoms with Gasteiger partial charge in [-0.1, -0.05) is 15.9 Å². The summed E-state index contributed by atoms with van der Waals surface area (Å²) in [7, 11) is 0. The summed E-state index contributed by atoms with van der Waals surface area (Å²) in [5.41, 5.74) is 1.11. The monoisotopic (exact) mass is 375 g/mol. The molecule has 0 saturated heterocycles. The molecule has 1 N–H and O–H groups in total. The first-order chi connectivity index (χ1) is 8.56. The Hall–Kier alpha value is -0.940. The van der Waals surface area contributed by atoms with E-state index >= 15 is 0 Å². The molecule has 1 nitrogen and oxygen atoms in total. The predicted octanol–water partition coefficient (Wildman–Crippen LogP) is 5.10. The van der Waals surface area contributed by atoms with Gasteiger partial charge in [0.15, 0.2) is 0 Å². The molecule has 0 fully saturated rings. The third kappa shape index (κ3) is 3.29. The molecular formula is C13H9Br2F2N. The summed E-state index contributed by atoms with van der Waals surface area (Å²) < 4.78 is 28.1. The number of benzene rings is 2. The van der Waals surface area contributed by atoms with Crippen LogP contribution in [0.5, 0.6) is 0 Å². The van der Waals surface area contributed by atoms with E-state index in [4.69, 9.17) is 0 Å². The average Bonchev–Trinajstić information content (AvgIpc) is 2.34. The van der Waals surface area contributed by atoms with Crippen LogP contribution >= 0.6 is 31.9 Å². The third-order valence-electron chi connectivity index (χ3n) is 2.41. The van der Waals surface area contributed by atoms with Crippen molar-refractivity contribution in [2.75, 3.05) is 5.32 Å². The fourth-order valence-electron chi connectivity index (χ4n) is 1.50. The quantitative estimate of drug-likeness (QED) is 0.785. The van der Waals surface area contributed by atoms with Crippen LogP contribution in [0.4, 0.5) is 14.5 Å². The lowest BCUT2D eigenvalue weighted by Crippen LogP contribution is -2.02. The Balaban J connectivity index is 2.16. The van der Waals surface area contributed by atoms with Crippen LogP contribution in [-0.2, 0) is 6.54 Å². The first kappa shape index (κ1) is 13.5. The lowest BCUT2D eigenvalue weighted by atomic mass is 10.2. The number of nitrogens with one attached hydrogen (secondary N) is 1. The van der Waals surface area contributed by atoms with E-state index in [0.717, 1.165) is 8.95 Å². The van der Waals surface area contributed by atoms with Crippen molar-refractivity contribution >= 4 is 37.5 Å². The second-order valence-electron chi connectivity index (χ2n) is 3.71. The lowest BCUT2D eigenvalue weighted by molar-refractivity contribution is 0.612. The molecule has 0 unspecified atom stereocenters. The Labute approximate surface area is 120 Å². The summed E-state index contributed by atoms with van der Waals surface area (Å²) in [4.78, 5) is 0. The van der Waals surface area contributed by atoms with Gasteiger partial charge in [-0.05, 0) is 52.3 Å². The van der Waals surface area contributed by atoms with Gasteiger partial charge in [0, 0.05) is 21.1 Å². The van der Waals surface area contributed by atoms with E-state index in [1.54, 1.807) is 18.2 Å². The van der Waals surface area contributed by atoms with Gasteiger partial charge in [0.25, 0.3) is 0 Å². The minimum Gasteiger partial charge on any atom is -0.380 e. The summed E-state index contributed by atoms with van der Waals surface area (Å²) in [5.74, 6) is -0.631. The van der Waals surface area contributed by atoms with Crippen LogP contribution in [0.2, 0.25) is 0 Å². The minimum absolute atomic E-state index is 0.285. The zero-order chi connectivity index (χ0) is 13.1. The molecule has 0 aliphatic rings. The van der Waals surface area contributed by atoms with Gasteiger partial charge in [0.2, 0.25) is 0 Å². The number of hydrogen-bond donors (Lipinski definition) is 1. The maximum atomic E-state index is 13.5. The molecule has 0 aliphatic heterocycles. The Morgan fingerprint density at radius 2 is 1.78 bits per heavy atom. The van der Waals surface area contributed by atoms with Gasteiger partial charge in [0.05, 0.1) is 5.69 Å². The Bertz CT molecular complexity index is 521. The van der Waals surface area contributed by atoms with Crippen molar-refractivity contribution in [1.82, 2.24) is 0 Å². The molecule has 0 atom stereocenters. The average molecular weight is 377 g/mol. The molecule has 2 rings (SSSR count). The van der Waals surface area contributed by atoms with E-state index in [2.05, 4.69) is 37.2 Å². The van der Waals surface area contributed by atoms with Crippen molar-refractivity contribution in [3.63, 3.8) is 0 Å². The summed E-state index contributed by atoms with van der Waals surface area (Å²) in [5, 5.41) is 2.99. The van der Waals surface area contributed by atoms with E-state index in [1.807, 2.05) is 0 Å². The van der Waals surface area contributed by atoms with E-state index in [-0.39, 0.29) is 18.2 Å². The summed E-state index contributed by atoms with van der Waals surface area (Å²) in [6.45, 7) is 0.285.